The van der Waals surface area contributed by atoms with Gasteiger partial charge in [0.1, 0.15) is 0 Å². The number of pyridine rings is 1. The van der Waals surface area contributed by atoms with Gasteiger partial charge < -0.3 is 0 Å². The van der Waals surface area contributed by atoms with E-state index >= 15 is 0 Å². The van der Waals surface area contributed by atoms with Gasteiger partial charge in [0.2, 0.25) is 0 Å². The van der Waals surface area contributed by atoms with E-state index in [2.05, 4.69) is 20.9 Å². The largest absolute Gasteiger partial charge is 0.255 e. The number of hydrogen-bond donors (Lipinski definition) is 0. The predicted molar refractivity (Wildman–Crippen MR) is 93.1 cm³/mol. The molecule has 3 rings (SSSR count). The van der Waals surface area contributed by atoms with Crippen LogP contribution in [0.4, 0.5) is 15.5 Å². The number of benzene rings is 2. The molecule has 0 N–H and O–H groups in total. The summed E-state index contributed by atoms with van der Waals surface area (Å²) in [7, 11) is -8.77. The topological polar surface area (TPSA) is 12.9 Å². The summed E-state index contributed by atoms with van der Waals surface area (Å²) in [5, 5.41) is 0.943. The molecule has 0 aliphatic heterocycles. The number of rotatable bonds is 1. The van der Waals surface area contributed by atoms with Crippen LogP contribution in [-0.2, 0) is 0 Å². The van der Waals surface area contributed by atoms with Gasteiger partial charge in [0.05, 0.1) is 0 Å². The molecular weight excluding hydrogens is 406 g/mol. The van der Waals surface area contributed by atoms with Crippen molar-refractivity contribution < 1.29 is 15.5 Å². The molecule has 0 aliphatic rings. The summed E-state index contributed by atoms with van der Waals surface area (Å²) in [6, 6.07) is 13.4. The van der Waals surface area contributed by atoms with E-state index in [0.717, 1.165) is 28.3 Å². The molecular formula is C17H10BrF4NS. The predicted octanol–water partition coefficient (Wildman–Crippen LogP) is 6.78. The molecule has 0 amide bonds. The molecule has 0 bridgehead atoms. The zero-order valence-corrected chi connectivity index (χ0v) is 14.4. The molecule has 0 saturated heterocycles. The lowest BCUT2D eigenvalue weighted by Crippen LogP contribution is -2.12. The Kier molecular flexibility index (Phi) is 3.49. The van der Waals surface area contributed by atoms with Gasteiger partial charge in [0.15, 0.2) is 5.03 Å². The van der Waals surface area contributed by atoms with Crippen LogP contribution in [0.5, 0.6) is 0 Å². The Hall–Kier alpha value is -2.04. The Morgan fingerprint density at radius 2 is 1.58 bits per heavy atom. The summed E-state index contributed by atoms with van der Waals surface area (Å²) >= 11 is 2.97. The van der Waals surface area contributed by atoms with Crippen LogP contribution in [-0.4, -0.2) is 4.98 Å². The van der Waals surface area contributed by atoms with Crippen molar-refractivity contribution in [1.29, 1.82) is 0 Å². The highest BCUT2D eigenvalue weighted by atomic mass is 79.9. The van der Waals surface area contributed by atoms with E-state index < -0.39 is 14.9 Å². The molecule has 0 spiro atoms. The summed E-state index contributed by atoms with van der Waals surface area (Å²) in [6.45, 7) is 0. The summed E-state index contributed by atoms with van der Waals surface area (Å²) in [6.07, 6.45) is 0.894. The first-order valence-electron chi connectivity index (χ1n) is 6.71. The second-order valence-corrected chi connectivity index (χ2v) is 8.85. The van der Waals surface area contributed by atoms with Crippen molar-refractivity contribution in [3.63, 3.8) is 0 Å². The van der Waals surface area contributed by atoms with Crippen molar-refractivity contribution in [3.8, 4) is 11.2 Å². The summed E-state index contributed by atoms with van der Waals surface area (Å²) in [4.78, 5) is 3.16. The third-order valence-electron chi connectivity index (χ3n) is 3.27. The molecule has 0 atom stereocenters. The van der Waals surface area contributed by atoms with E-state index in [1.54, 1.807) is 18.2 Å². The first-order chi connectivity index (χ1) is 11.1. The maximum Gasteiger partial charge on any atom is 0.255 e. The quantitative estimate of drug-likeness (QED) is 0.315. The van der Waals surface area contributed by atoms with Crippen molar-refractivity contribution >= 4 is 36.5 Å². The summed E-state index contributed by atoms with van der Waals surface area (Å²) in [5.74, 6) is 1.92. The average molecular weight is 416 g/mol. The van der Waals surface area contributed by atoms with Gasteiger partial charge in [-0.1, -0.05) is 30.3 Å². The van der Waals surface area contributed by atoms with Crippen LogP contribution >= 0.6 is 25.8 Å². The van der Waals surface area contributed by atoms with Crippen molar-refractivity contribution in [2.45, 2.75) is 5.03 Å². The molecule has 1 nitrogen and oxygen atoms in total. The summed E-state index contributed by atoms with van der Waals surface area (Å²) in [5.41, 5.74) is 0.0846. The Labute approximate surface area is 144 Å². The van der Waals surface area contributed by atoms with Crippen LogP contribution in [0.15, 0.2) is 70.3 Å². The second-order valence-electron chi connectivity index (χ2n) is 5.17. The lowest BCUT2D eigenvalue weighted by Gasteiger charge is -2.43. The van der Waals surface area contributed by atoms with Gasteiger partial charge in [-0.25, -0.2) is 4.98 Å². The highest BCUT2D eigenvalue weighted by molar-refractivity contribution is 9.10. The first-order valence-corrected chi connectivity index (χ1v) is 9.55. The SMILES string of the molecule is FS(F)(F)(F)(C#Cc1ccc2ccccc2c1)c1ccc(Br)cn1. The van der Waals surface area contributed by atoms with Gasteiger partial charge in [-0.2, -0.15) is 0 Å². The molecule has 0 saturated carbocycles. The molecule has 2 aromatic carbocycles. The van der Waals surface area contributed by atoms with Crippen molar-refractivity contribution in [3.05, 3.63) is 70.8 Å². The smallest absolute Gasteiger partial charge is 0.241 e. The third kappa shape index (κ3) is 3.40. The van der Waals surface area contributed by atoms with E-state index in [4.69, 9.17) is 0 Å². The number of hydrogen-bond acceptors (Lipinski definition) is 1. The van der Waals surface area contributed by atoms with E-state index in [-0.39, 0.29) is 5.56 Å². The minimum atomic E-state index is -8.77. The zero-order chi connectivity index (χ0) is 17.5. The molecule has 0 unspecified atom stereocenters. The Bertz CT molecular complexity index is 1000. The number of aromatic nitrogens is 1. The van der Waals surface area contributed by atoms with Crippen LogP contribution in [0.25, 0.3) is 10.8 Å². The van der Waals surface area contributed by atoms with Gasteiger partial charge in [0.25, 0.3) is 9.84 Å². The fraction of sp³-hybridized carbons (Fsp3) is 0. The molecule has 0 aliphatic carbocycles. The zero-order valence-electron chi connectivity index (χ0n) is 12.0. The molecule has 0 fully saturated rings. The van der Waals surface area contributed by atoms with Crippen LogP contribution in [0.1, 0.15) is 5.56 Å². The second kappa shape index (κ2) is 4.98. The average Bonchev–Trinajstić information content (AvgIpc) is 2.52. The molecule has 1 aromatic heterocycles. The van der Waals surface area contributed by atoms with Crippen molar-refractivity contribution in [2.75, 3.05) is 0 Å². The van der Waals surface area contributed by atoms with E-state index in [1.807, 2.05) is 18.1 Å². The number of fused-ring (bicyclic) bond motifs is 1. The van der Waals surface area contributed by atoms with Gasteiger partial charge in [-0.05, 0) is 56.9 Å². The molecule has 124 valence electrons. The number of halogens is 5. The van der Waals surface area contributed by atoms with Gasteiger partial charge >= 0.3 is 0 Å². The Balaban J connectivity index is 2.10. The minimum absolute atomic E-state index is 0.0846. The molecule has 0 radical (unpaired) electrons. The van der Waals surface area contributed by atoms with E-state index in [9.17, 15) is 15.5 Å². The molecule has 1 heterocycles. The van der Waals surface area contributed by atoms with Gasteiger partial charge in [-0.3, -0.25) is 0 Å². The van der Waals surface area contributed by atoms with Crippen molar-refractivity contribution in [1.82, 2.24) is 4.98 Å². The molecule has 7 heteroatoms. The summed E-state index contributed by atoms with van der Waals surface area (Å²) < 4.78 is 57.1. The Morgan fingerprint density at radius 3 is 2.25 bits per heavy atom. The lowest BCUT2D eigenvalue weighted by atomic mass is 10.1. The highest BCUT2D eigenvalue weighted by Gasteiger charge is 2.65. The van der Waals surface area contributed by atoms with Crippen LogP contribution in [0.3, 0.4) is 0 Å². The lowest BCUT2D eigenvalue weighted by molar-refractivity contribution is 0.462. The normalized spacial score (nSPS) is 14.4. The number of nitrogens with zero attached hydrogens (tertiary/aromatic N) is 1. The fourth-order valence-electron chi connectivity index (χ4n) is 2.09. The van der Waals surface area contributed by atoms with Gasteiger partial charge in [-0.15, -0.1) is 15.5 Å². The molecule has 3 aromatic rings. The fourth-order valence-corrected chi connectivity index (χ4v) is 3.36. The Morgan fingerprint density at radius 1 is 0.875 bits per heavy atom. The molecule has 24 heavy (non-hydrogen) atoms. The van der Waals surface area contributed by atoms with E-state index in [0.29, 0.717) is 10.5 Å². The van der Waals surface area contributed by atoms with E-state index in [1.165, 1.54) is 12.1 Å². The van der Waals surface area contributed by atoms with Crippen LogP contribution in [0.2, 0.25) is 0 Å². The van der Waals surface area contributed by atoms with Crippen LogP contribution < -0.4 is 0 Å². The first kappa shape index (κ1) is 16.8. The minimum Gasteiger partial charge on any atom is -0.241 e. The highest BCUT2D eigenvalue weighted by Crippen LogP contribution is 2.99. The van der Waals surface area contributed by atoms with Gasteiger partial charge in [0, 0.05) is 21.5 Å². The van der Waals surface area contributed by atoms with Crippen LogP contribution in [0, 0.1) is 11.2 Å². The monoisotopic (exact) mass is 415 g/mol. The standard InChI is InChI=1S/C17H10BrF4NS/c18-16-7-8-17(23-12-16)24(19,20,21,22)10-9-13-5-6-14-3-1-2-4-15(14)11-13/h1-8,11-12H. The maximum absolute atomic E-state index is 14.2. The van der Waals surface area contributed by atoms with Crippen molar-refractivity contribution in [2.24, 2.45) is 0 Å². The third-order valence-corrected chi connectivity index (χ3v) is 5.34. The maximum atomic E-state index is 14.2.